The predicted octanol–water partition coefficient (Wildman–Crippen LogP) is 2.81. The zero-order valence-electron chi connectivity index (χ0n) is 10.8. The monoisotopic (exact) mass is 319 g/mol. The molecule has 0 aliphatic heterocycles. The molecule has 0 bridgehead atoms. The number of halogens is 1. The molecule has 2 rings (SSSR count). The summed E-state index contributed by atoms with van der Waals surface area (Å²) in [4.78, 5) is 6.72. The zero-order valence-corrected chi connectivity index (χ0v) is 12.4. The van der Waals surface area contributed by atoms with Gasteiger partial charge in [0.1, 0.15) is 0 Å². The van der Waals surface area contributed by atoms with Crippen molar-refractivity contribution in [1.29, 1.82) is 0 Å². The molecule has 0 radical (unpaired) electrons. The highest BCUT2D eigenvalue weighted by Crippen LogP contribution is 2.11. The summed E-state index contributed by atoms with van der Waals surface area (Å²) in [6.45, 7) is 3.24. The van der Waals surface area contributed by atoms with E-state index in [1.807, 2.05) is 24.4 Å². The fourth-order valence-electron chi connectivity index (χ4n) is 1.97. The van der Waals surface area contributed by atoms with Crippen molar-refractivity contribution in [3.8, 4) is 0 Å². The lowest BCUT2D eigenvalue weighted by atomic mass is 10.2. The summed E-state index contributed by atoms with van der Waals surface area (Å²) < 4.78 is 1.00. The molecule has 1 aromatic carbocycles. The van der Waals surface area contributed by atoms with Gasteiger partial charge < -0.3 is 5.73 Å². The van der Waals surface area contributed by atoms with E-state index in [1.54, 1.807) is 0 Å². The molecule has 0 saturated carbocycles. The second-order valence-electron chi connectivity index (χ2n) is 4.45. The van der Waals surface area contributed by atoms with Crippen LogP contribution in [0.3, 0.4) is 0 Å². The van der Waals surface area contributed by atoms with Crippen molar-refractivity contribution in [3.05, 3.63) is 64.4 Å². The zero-order chi connectivity index (χ0) is 13.5. The lowest BCUT2D eigenvalue weighted by Crippen LogP contribution is -2.29. The van der Waals surface area contributed by atoms with Gasteiger partial charge in [-0.15, -0.1) is 0 Å². The average molecular weight is 320 g/mol. The van der Waals surface area contributed by atoms with Crippen LogP contribution < -0.4 is 5.73 Å². The number of nitrogens with zero attached hydrogens (tertiary/aromatic N) is 2. The molecule has 0 amide bonds. The third-order valence-corrected chi connectivity index (χ3v) is 3.34. The van der Waals surface area contributed by atoms with Crippen LogP contribution in [-0.4, -0.2) is 23.0 Å². The van der Waals surface area contributed by atoms with Crippen LogP contribution in [0.25, 0.3) is 0 Å². The molecule has 0 atom stereocenters. The number of hydrogen-bond acceptors (Lipinski definition) is 3. The predicted molar refractivity (Wildman–Crippen MR) is 81.5 cm³/mol. The normalized spacial score (nSPS) is 10.9. The van der Waals surface area contributed by atoms with Crippen molar-refractivity contribution >= 4 is 15.9 Å². The molecule has 0 aliphatic rings. The van der Waals surface area contributed by atoms with E-state index in [0.29, 0.717) is 6.54 Å². The number of rotatable bonds is 6. The smallest absolute Gasteiger partial charge is 0.0544 e. The van der Waals surface area contributed by atoms with E-state index in [0.717, 1.165) is 29.8 Å². The van der Waals surface area contributed by atoms with Gasteiger partial charge in [-0.05, 0) is 33.6 Å². The highest BCUT2D eigenvalue weighted by atomic mass is 79.9. The van der Waals surface area contributed by atoms with E-state index >= 15 is 0 Å². The molecular formula is C15H18BrN3. The van der Waals surface area contributed by atoms with Crippen LogP contribution in [0.2, 0.25) is 0 Å². The summed E-state index contributed by atoms with van der Waals surface area (Å²) in [6, 6.07) is 14.5. The molecule has 0 unspecified atom stereocenters. The lowest BCUT2D eigenvalue weighted by Gasteiger charge is -2.21. The Balaban J connectivity index is 2.01. The Kier molecular flexibility index (Phi) is 5.51. The van der Waals surface area contributed by atoms with Crippen LogP contribution in [0.5, 0.6) is 0 Å². The molecule has 0 aliphatic carbocycles. The number of pyridine rings is 1. The van der Waals surface area contributed by atoms with E-state index in [9.17, 15) is 0 Å². The Labute approximate surface area is 122 Å². The van der Waals surface area contributed by atoms with E-state index in [1.165, 1.54) is 5.56 Å². The van der Waals surface area contributed by atoms with E-state index in [4.69, 9.17) is 5.73 Å². The van der Waals surface area contributed by atoms with Gasteiger partial charge in [-0.2, -0.15) is 0 Å². The molecule has 19 heavy (non-hydrogen) atoms. The van der Waals surface area contributed by atoms with Gasteiger partial charge >= 0.3 is 0 Å². The maximum atomic E-state index is 5.69. The first kappa shape index (κ1) is 14.2. The Morgan fingerprint density at radius 3 is 2.47 bits per heavy atom. The van der Waals surface area contributed by atoms with Crippen LogP contribution in [0, 0.1) is 0 Å². The first-order chi connectivity index (χ1) is 9.28. The fraction of sp³-hybridized carbons (Fsp3) is 0.267. The minimum absolute atomic E-state index is 0.656. The van der Waals surface area contributed by atoms with Crippen LogP contribution >= 0.6 is 15.9 Å². The van der Waals surface area contributed by atoms with Gasteiger partial charge in [0, 0.05) is 36.8 Å². The summed E-state index contributed by atoms with van der Waals surface area (Å²) in [5.41, 5.74) is 8.05. The fourth-order valence-corrected chi connectivity index (χ4v) is 2.20. The van der Waals surface area contributed by atoms with E-state index < -0.39 is 0 Å². The Bertz CT molecular complexity index is 485. The summed E-state index contributed by atoms with van der Waals surface area (Å²) in [5.74, 6) is 0. The molecule has 0 spiro atoms. The average Bonchev–Trinajstić information content (AvgIpc) is 2.43. The largest absolute Gasteiger partial charge is 0.329 e. The maximum absolute atomic E-state index is 5.69. The van der Waals surface area contributed by atoms with Crippen molar-refractivity contribution in [1.82, 2.24) is 9.88 Å². The number of aromatic nitrogens is 1. The minimum Gasteiger partial charge on any atom is -0.329 e. The topological polar surface area (TPSA) is 42.1 Å². The first-order valence-corrected chi connectivity index (χ1v) is 7.14. The molecule has 1 aromatic heterocycles. The lowest BCUT2D eigenvalue weighted by molar-refractivity contribution is 0.261. The number of hydrogen-bond donors (Lipinski definition) is 1. The van der Waals surface area contributed by atoms with Crippen molar-refractivity contribution in [3.63, 3.8) is 0 Å². The molecule has 0 saturated heterocycles. The molecule has 3 nitrogen and oxygen atoms in total. The third-order valence-electron chi connectivity index (χ3n) is 2.87. The highest BCUT2D eigenvalue weighted by Gasteiger charge is 2.07. The maximum Gasteiger partial charge on any atom is 0.0544 e. The second-order valence-corrected chi connectivity index (χ2v) is 5.37. The summed E-state index contributed by atoms with van der Waals surface area (Å²) >= 11 is 3.40. The standard InChI is InChI=1S/C15H18BrN3/c16-14-6-7-15(18-10-14)12-19(9-8-17)11-13-4-2-1-3-5-13/h1-7,10H,8-9,11-12,17H2. The molecule has 100 valence electrons. The van der Waals surface area contributed by atoms with Crippen LogP contribution in [-0.2, 0) is 13.1 Å². The van der Waals surface area contributed by atoms with Gasteiger partial charge in [0.2, 0.25) is 0 Å². The van der Waals surface area contributed by atoms with Gasteiger partial charge in [0.05, 0.1) is 5.69 Å². The molecule has 1 heterocycles. The van der Waals surface area contributed by atoms with Gasteiger partial charge in [-0.25, -0.2) is 0 Å². The van der Waals surface area contributed by atoms with Gasteiger partial charge in [-0.1, -0.05) is 30.3 Å². The second kappa shape index (κ2) is 7.38. The van der Waals surface area contributed by atoms with Gasteiger partial charge in [0.25, 0.3) is 0 Å². The van der Waals surface area contributed by atoms with Gasteiger partial charge in [0.15, 0.2) is 0 Å². The highest BCUT2D eigenvalue weighted by molar-refractivity contribution is 9.10. The van der Waals surface area contributed by atoms with Crippen LogP contribution in [0.4, 0.5) is 0 Å². The Morgan fingerprint density at radius 1 is 1.05 bits per heavy atom. The van der Waals surface area contributed by atoms with E-state index in [2.05, 4.69) is 50.1 Å². The summed E-state index contributed by atoms with van der Waals surface area (Å²) in [7, 11) is 0. The van der Waals surface area contributed by atoms with Crippen molar-refractivity contribution in [2.75, 3.05) is 13.1 Å². The molecular weight excluding hydrogens is 302 g/mol. The van der Waals surface area contributed by atoms with Crippen molar-refractivity contribution < 1.29 is 0 Å². The number of benzene rings is 1. The summed E-state index contributed by atoms with van der Waals surface area (Å²) in [5, 5.41) is 0. The Hall–Kier alpha value is -1.23. The van der Waals surface area contributed by atoms with Crippen LogP contribution in [0.1, 0.15) is 11.3 Å². The van der Waals surface area contributed by atoms with Crippen molar-refractivity contribution in [2.24, 2.45) is 5.73 Å². The molecule has 4 heteroatoms. The Morgan fingerprint density at radius 2 is 1.84 bits per heavy atom. The van der Waals surface area contributed by atoms with Gasteiger partial charge in [-0.3, -0.25) is 9.88 Å². The minimum atomic E-state index is 0.656. The summed E-state index contributed by atoms with van der Waals surface area (Å²) in [6.07, 6.45) is 1.83. The van der Waals surface area contributed by atoms with Crippen LogP contribution in [0.15, 0.2) is 53.1 Å². The first-order valence-electron chi connectivity index (χ1n) is 6.34. The third kappa shape index (κ3) is 4.74. The molecule has 2 N–H and O–H groups in total. The quantitative estimate of drug-likeness (QED) is 0.890. The number of nitrogens with two attached hydrogens (primary N) is 1. The van der Waals surface area contributed by atoms with Crippen molar-refractivity contribution in [2.45, 2.75) is 13.1 Å². The SMILES string of the molecule is NCCN(Cc1ccccc1)Cc1ccc(Br)cn1. The van der Waals surface area contributed by atoms with E-state index in [-0.39, 0.29) is 0 Å². The molecule has 2 aromatic rings. The molecule has 0 fully saturated rings.